The predicted octanol–water partition coefficient (Wildman–Crippen LogP) is 2.28. The Labute approximate surface area is 68.0 Å². The third-order valence-corrected chi connectivity index (χ3v) is 1.33. The lowest BCUT2D eigenvalue weighted by Gasteiger charge is -2.04. The van der Waals surface area contributed by atoms with Gasteiger partial charge in [-0.15, -0.1) is 0 Å². The summed E-state index contributed by atoms with van der Waals surface area (Å²) < 4.78 is 37.1. The summed E-state index contributed by atoms with van der Waals surface area (Å²) >= 11 is 0. The normalized spacial score (nSPS) is 12.5. The minimum absolute atomic E-state index is 0.0962. The predicted molar refractivity (Wildman–Crippen MR) is 36.5 cm³/mol. The van der Waals surface area contributed by atoms with Crippen LogP contribution in [0, 0.1) is 6.20 Å². The second-order valence-electron chi connectivity index (χ2n) is 2.69. The van der Waals surface area contributed by atoms with Crippen molar-refractivity contribution in [2.75, 3.05) is 0 Å². The van der Waals surface area contributed by atoms with Gasteiger partial charge in [0.05, 0.1) is 6.20 Å². The van der Waals surface area contributed by atoms with Crippen molar-refractivity contribution in [1.29, 1.82) is 0 Å². The quantitative estimate of drug-likeness (QED) is 0.643. The van der Waals surface area contributed by atoms with Gasteiger partial charge < -0.3 is 0 Å². The van der Waals surface area contributed by atoms with Crippen LogP contribution in [-0.2, 0) is 6.18 Å². The van der Waals surface area contributed by atoms with Crippen LogP contribution >= 0.6 is 0 Å². The van der Waals surface area contributed by atoms with Crippen molar-refractivity contribution in [1.82, 2.24) is 9.78 Å². The summed E-state index contributed by atoms with van der Waals surface area (Å²) in [7, 11) is 0. The lowest BCUT2D eigenvalue weighted by Crippen LogP contribution is -2.08. The van der Waals surface area contributed by atoms with Crippen LogP contribution in [0.1, 0.15) is 25.6 Å². The van der Waals surface area contributed by atoms with E-state index in [4.69, 9.17) is 0 Å². The summed E-state index contributed by atoms with van der Waals surface area (Å²) in [6.45, 7) is 3.48. The molecule has 0 aliphatic carbocycles. The van der Waals surface area contributed by atoms with E-state index < -0.39 is 11.9 Å². The zero-order valence-corrected chi connectivity index (χ0v) is 6.68. The second kappa shape index (κ2) is 2.80. The Morgan fingerprint density at radius 2 is 2.08 bits per heavy atom. The van der Waals surface area contributed by atoms with Crippen LogP contribution < -0.4 is 0 Å². The van der Waals surface area contributed by atoms with Crippen LogP contribution in [0.25, 0.3) is 0 Å². The molecule has 0 unspecified atom stereocenters. The molecule has 1 aromatic rings. The molecule has 5 heteroatoms. The van der Waals surface area contributed by atoms with E-state index in [9.17, 15) is 13.2 Å². The molecule has 0 saturated carbocycles. The van der Waals surface area contributed by atoms with E-state index >= 15 is 0 Å². The molecule has 0 N–H and O–H groups in total. The lowest BCUT2D eigenvalue weighted by molar-refractivity contribution is -0.141. The Morgan fingerprint density at radius 3 is 2.33 bits per heavy atom. The molecule has 1 radical (unpaired) electrons. The zero-order chi connectivity index (χ0) is 9.35. The molecule has 0 atom stereocenters. The van der Waals surface area contributed by atoms with E-state index in [1.807, 2.05) is 0 Å². The van der Waals surface area contributed by atoms with E-state index in [0.29, 0.717) is 0 Å². The second-order valence-corrected chi connectivity index (χ2v) is 2.69. The van der Waals surface area contributed by atoms with Crippen molar-refractivity contribution in [2.45, 2.75) is 26.1 Å². The topological polar surface area (TPSA) is 17.8 Å². The molecule has 12 heavy (non-hydrogen) atoms. The molecule has 0 aromatic carbocycles. The van der Waals surface area contributed by atoms with Gasteiger partial charge in [0.2, 0.25) is 0 Å². The molecule has 0 aliphatic heterocycles. The van der Waals surface area contributed by atoms with Gasteiger partial charge in [0.15, 0.2) is 5.69 Å². The van der Waals surface area contributed by atoms with Crippen LogP contribution in [-0.4, -0.2) is 9.78 Å². The summed E-state index contributed by atoms with van der Waals surface area (Å²) in [5.74, 6) is 0. The smallest absolute Gasteiger partial charge is 0.260 e. The van der Waals surface area contributed by atoms with Gasteiger partial charge in [-0.3, -0.25) is 4.68 Å². The Kier molecular flexibility index (Phi) is 2.12. The highest BCUT2D eigenvalue weighted by molar-refractivity contribution is 5.02. The molecule has 0 aliphatic rings. The molecule has 1 rings (SSSR count). The van der Waals surface area contributed by atoms with Gasteiger partial charge >= 0.3 is 6.18 Å². The fourth-order valence-electron chi connectivity index (χ4n) is 0.704. The summed E-state index contributed by atoms with van der Waals surface area (Å²) in [6, 6.07) is 0.751. The van der Waals surface area contributed by atoms with Crippen LogP contribution in [0.4, 0.5) is 13.2 Å². The monoisotopic (exact) mass is 177 g/mol. The maximum Gasteiger partial charge on any atom is 0.435 e. The summed E-state index contributed by atoms with van der Waals surface area (Å²) in [6.07, 6.45) is -1.97. The van der Waals surface area contributed by atoms with Crippen LogP contribution in [0.15, 0.2) is 6.07 Å². The molecule has 67 valence electrons. The van der Waals surface area contributed by atoms with Gasteiger partial charge in [-0.25, -0.2) is 0 Å². The van der Waals surface area contributed by atoms with E-state index in [0.717, 1.165) is 10.7 Å². The SMILES string of the molecule is CC(C)n1[c]cc(C(F)(F)F)n1. The first kappa shape index (κ1) is 9.09. The minimum Gasteiger partial charge on any atom is -0.260 e. The maximum atomic E-state index is 12.0. The summed E-state index contributed by atoms with van der Waals surface area (Å²) in [5, 5.41) is 3.32. The fraction of sp³-hybridized carbons (Fsp3) is 0.571. The zero-order valence-electron chi connectivity index (χ0n) is 6.68. The third-order valence-electron chi connectivity index (χ3n) is 1.33. The average molecular weight is 177 g/mol. The van der Waals surface area contributed by atoms with Gasteiger partial charge in [-0.05, 0) is 19.9 Å². The summed E-state index contributed by atoms with van der Waals surface area (Å²) in [5.41, 5.74) is -0.892. The molecule has 1 aromatic heterocycles. The van der Waals surface area contributed by atoms with Gasteiger partial charge in [-0.2, -0.15) is 18.3 Å². The van der Waals surface area contributed by atoms with E-state index in [-0.39, 0.29) is 6.04 Å². The number of rotatable bonds is 1. The molecular weight excluding hydrogens is 169 g/mol. The first-order valence-electron chi connectivity index (χ1n) is 3.45. The number of halogens is 3. The number of hydrogen-bond acceptors (Lipinski definition) is 1. The molecule has 0 bridgehead atoms. The van der Waals surface area contributed by atoms with Crippen LogP contribution in [0.2, 0.25) is 0 Å². The number of hydrogen-bond donors (Lipinski definition) is 0. The lowest BCUT2D eigenvalue weighted by atomic mass is 10.4. The Balaban J connectivity index is 2.92. The molecule has 1 heterocycles. The van der Waals surface area contributed by atoms with E-state index in [1.165, 1.54) is 0 Å². The van der Waals surface area contributed by atoms with Gasteiger partial charge in [0, 0.05) is 6.04 Å². The van der Waals surface area contributed by atoms with Crippen molar-refractivity contribution in [3.8, 4) is 0 Å². The number of alkyl halides is 3. The maximum absolute atomic E-state index is 12.0. The largest absolute Gasteiger partial charge is 0.435 e. The Hall–Kier alpha value is -1.00. The summed E-state index contributed by atoms with van der Waals surface area (Å²) in [4.78, 5) is 0. The number of aromatic nitrogens is 2. The van der Waals surface area contributed by atoms with E-state index in [2.05, 4.69) is 11.3 Å². The average Bonchev–Trinajstić information content (AvgIpc) is 2.30. The first-order chi connectivity index (χ1) is 5.41. The van der Waals surface area contributed by atoms with Crippen molar-refractivity contribution >= 4 is 0 Å². The highest BCUT2D eigenvalue weighted by atomic mass is 19.4. The van der Waals surface area contributed by atoms with Crippen molar-refractivity contribution in [3.05, 3.63) is 18.0 Å². The van der Waals surface area contributed by atoms with Gasteiger partial charge in [0.1, 0.15) is 0 Å². The Bertz CT molecular complexity index is 262. The third kappa shape index (κ3) is 1.78. The molecule has 0 saturated heterocycles. The van der Waals surface area contributed by atoms with Gasteiger partial charge in [-0.1, -0.05) is 0 Å². The van der Waals surface area contributed by atoms with Crippen molar-refractivity contribution < 1.29 is 13.2 Å². The first-order valence-corrected chi connectivity index (χ1v) is 3.45. The van der Waals surface area contributed by atoms with Crippen molar-refractivity contribution in [2.24, 2.45) is 0 Å². The fourth-order valence-corrected chi connectivity index (χ4v) is 0.704. The number of nitrogens with zero attached hydrogens (tertiary/aromatic N) is 2. The van der Waals surface area contributed by atoms with Crippen LogP contribution in [0.5, 0.6) is 0 Å². The van der Waals surface area contributed by atoms with Crippen molar-refractivity contribution in [3.63, 3.8) is 0 Å². The molecular formula is C7H8F3N2. The molecule has 0 spiro atoms. The van der Waals surface area contributed by atoms with Gasteiger partial charge in [0.25, 0.3) is 0 Å². The highest BCUT2D eigenvalue weighted by Crippen LogP contribution is 2.27. The standard InChI is InChI=1S/C7H8F3N2/c1-5(2)12-4-3-6(11-12)7(8,9)10/h3,5H,1-2H3. The van der Waals surface area contributed by atoms with E-state index in [1.54, 1.807) is 13.8 Å². The minimum atomic E-state index is -4.36. The Morgan fingerprint density at radius 1 is 1.50 bits per heavy atom. The molecule has 0 amide bonds. The molecule has 0 fully saturated rings. The molecule has 2 nitrogen and oxygen atoms in total. The van der Waals surface area contributed by atoms with Crippen LogP contribution in [0.3, 0.4) is 0 Å². The highest BCUT2D eigenvalue weighted by Gasteiger charge is 2.33.